The van der Waals surface area contributed by atoms with Crippen molar-refractivity contribution in [2.24, 2.45) is 11.3 Å². The van der Waals surface area contributed by atoms with E-state index in [1.165, 1.54) is 0 Å². The normalized spacial score (nSPS) is 27.2. The van der Waals surface area contributed by atoms with E-state index in [-0.39, 0.29) is 28.6 Å². The van der Waals surface area contributed by atoms with E-state index >= 15 is 0 Å². The summed E-state index contributed by atoms with van der Waals surface area (Å²) in [6.07, 6.45) is 2.38. The molecule has 8 heteroatoms. The maximum atomic E-state index is 12.6. The van der Waals surface area contributed by atoms with Crippen molar-refractivity contribution in [3.05, 3.63) is 0 Å². The van der Waals surface area contributed by atoms with Gasteiger partial charge in [0.15, 0.2) is 9.84 Å². The molecule has 0 aliphatic carbocycles. The van der Waals surface area contributed by atoms with Crippen molar-refractivity contribution < 1.29 is 16.8 Å². The lowest BCUT2D eigenvalue weighted by Gasteiger charge is -2.36. The van der Waals surface area contributed by atoms with Crippen LogP contribution in [0.3, 0.4) is 0 Å². The van der Waals surface area contributed by atoms with Gasteiger partial charge in [0, 0.05) is 26.2 Å². The zero-order valence-electron chi connectivity index (χ0n) is 15.2. The highest BCUT2D eigenvalue weighted by molar-refractivity contribution is 7.91. The number of piperazine rings is 1. The Labute approximate surface area is 147 Å². The first-order chi connectivity index (χ1) is 11.0. The van der Waals surface area contributed by atoms with E-state index in [1.54, 1.807) is 4.31 Å². The number of rotatable bonds is 5. The van der Waals surface area contributed by atoms with Crippen LogP contribution in [0.4, 0.5) is 0 Å². The molecule has 6 nitrogen and oxygen atoms in total. The molecule has 2 rings (SSSR count). The van der Waals surface area contributed by atoms with Crippen LogP contribution < -0.4 is 0 Å². The van der Waals surface area contributed by atoms with Crippen LogP contribution >= 0.6 is 0 Å². The molecule has 2 saturated heterocycles. The standard InChI is InChI=1S/C16H32N2O4S2/c1-16(2,3)6-7-17-8-10-18(11-9-17)24(21,22)14-15-5-4-12-23(19,20)13-15/h15H,4-14H2,1-3H3/t15-/m0/s1. The van der Waals surface area contributed by atoms with Gasteiger partial charge in [0.2, 0.25) is 10.0 Å². The molecule has 0 radical (unpaired) electrons. The molecule has 142 valence electrons. The molecule has 0 unspecified atom stereocenters. The summed E-state index contributed by atoms with van der Waals surface area (Å²) in [4.78, 5) is 2.32. The van der Waals surface area contributed by atoms with Gasteiger partial charge in [-0.2, -0.15) is 4.31 Å². The Kier molecular flexibility index (Phi) is 6.37. The molecule has 2 fully saturated rings. The molecule has 0 aromatic carbocycles. The molecular formula is C16H32N2O4S2. The Balaban J connectivity index is 1.84. The summed E-state index contributed by atoms with van der Waals surface area (Å²) in [5.74, 6) is -0.0326. The van der Waals surface area contributed by atoms with Crippen molar-refractivity contribution in [2.75, 3.05) is 50.0 Å². The lowest BCUT2D eigenvalue weighted by molar-refractivity contribution is 0.167. The van der Waals surface area contributed by atoms with Crippen molar-refractivity contribution >= 4 is 19.9 Å². The minimum Gasteiger partial charge on any atom is -0.301 e. The predicted octanol–water partition coefficient (Wildman–Crippen LogP) is 1.19. The van der Waals surface area contributed by atoms with Crippen molar-refractivity contribution in [2.45, 2.75) is 40.0 Å². The number of nitrogens with zero attached hydrogens (tertiary/aromatic N) is 2. The molecule has 0 aromatic heterocycles. The summed E-state index contributed by atoms with van der Waals surface area (Å²) in [7, 11) is -6.41. The summed E-state index contributed by atoms with van der Waals surface area (Å²) in [6.45, 7) is 10.2. The highest BCUT2D eigenvalue weighted by atomic mass is 32.2. The first kappa shape index (κ1) is 20.1. The molecule has 0 bridgehead atoms. The van der Waals surface area contributed by atoms with E-state index in [0.717, 1.165) is 26.1 Å². The Bertz CT molecular complexity index is 615. The second-order valence-electron chi connectivity index (χ2n) is 8.45. The highest BCUT2D eigenvalue weighted by Crippen LogP contribution is 2.23. The van der Waals surface area contributed by atoms with Gasteiger partial charge < -0.3 is 4.90 Å². The topological polar surface area (TPSA) is 74.8 Å². The maximum Gasteiger partial charge on any atom is 0.214 e. The Morgan fingerprint density at radius 1 is 1.08 bits per heavy atom. The van der Waals surface area contributed by atoms with E-state index < -0.39 is 19.9 Å². The summed E-state index contributed by atoms with van der Waals surface area (Å²) in [5, 5.41) is 0. The SMILES string of the molecule is CC(C)(C)CCN1CCN(S(=O)(=O)C[C@H]2CCCS(=O)(=O)C2)CC1. The van der Waals surface area contributed by atoms with Gasteiger partial charge in [0.05, 0.1) is 17.3 Å². The van der Waals surface area contributed by atoms with E-state index in [9.17, 15) is 16.8 Å². The smallest absolute Gasteiger partial charge is 0.214 e. The average molecular weight is 381 g/mol. The fourth-order valence-corrected chi connectivity index (χ4v) is 7.11. The zero-order chi connectivity index (χ0) is 18.0. The van der Waals surface area contributed by atoms with Crippen LogP contribution in [0.2, 0.25) is 0 Å². The molecule has 0 N–H and O–H groups in total. The second-order valence-corrected chi connectivity index (χ2v) is 12.7. The Morgan fingerprint density at radius 2 is 1.71 bits per heavy atom. The minimum absolute atomic E-state index is 0.0196. The largest absolute Gasteiger partial charge is 0.301 e. The van der Waals surface area contributed by atoms with Crippen LogP contribution in [0, 0.1) is 11.3 Å². The van der Waals surface area contributed by atoms with E-state index in [1.807, 2.05) is 0 Å². The Hall–Kier alpha value is -0.180. The zero-order valence-corrected chi connectivity index (χ0v) is 16.8. The Morgan fingerprint density at radius 3 is 2.25 bits per heavy atom. The average Bonchev–Trinajstić information content (AvgIpc) is 2.43. The van der Waals surface area contributed by atoms with Crippen LogP contribution in [-0.2, 0) is 19.9 Å². The van der Waals surface area contributed by atoms with Crippen LogP contribution in [0.1, 0.15) is 40.0 Å². The monoisotopic (exact) mass is 380 g/mol. The molecule has 0 saturated carbocycles. The number of sulfone groups is 1. The van der Waals surface area contributed by atoms with Crippen molar-refractivity contribution in [1.29, 1.82) is 0 Å². The third kappa shape index (κ3) is 6.28. The van der Waals surface area contributed by atoms with Crippen LogP contribution in [-0.4, -0.2) is 76.0 Å². The second kappa shape index (κ2) is 7.60. The number of hydrogen-bond donors (Lipinski definition) is 0. The van der Waals surface area contributed by atoms with E-state index in [0.29, 0.717) is 25.9 Å². The summed E-state index contributed by atoms with van der Waals surface area (Å²) >= 11 is 0. The highest BCUT2D eigenvalue weighted by Gasteiger charge is 2.33. The van der Waals surface area contributed by atoms with Gasteiger partial charge >= 0.3 is 0 Å². The van der Waals surface area contributed by atoms with Crippen LogP contribution in [0.15, 0.2) is 0 Å². The molecule has 24 heavy (non-hydrogen) atoms. The lowest BCUT2D eigenvalue weighted by Crippen LogP contribution is -2.50. The van der Waals surface area contributed by atoms with Gasteiger partial charge in [-0.1, -0.05) is 20.8 Å². The quantitative estimate of drug-likeness (QED) is 0.716. The van der Waals surface area contributed by atoms with E-state index in [2.05, 4.69) is 25.7 Å². The van der Waals surface area contributed by atoms with Gasteiger partial charge in [-0.05, 0) is 37.1 Å². The van der Waals surface area contributed by atoms with Crippen molar-refractivity contribution in [1.82, 2.24) is 9.21 Å². The fraction of sp³-hybridized carbons (Fsp3) is 1.00. The van der Waals surface area contributed by atoms with Gasteiger partial charge in [-0.25, -0.2) is 16.8 Å². The predicted molar refractivity (Wildman–Crippen MR) is 97.2 cm³/mol. The lowest BCUT2D eigenvalue weighted by atomic mass is 9.92. The van der Waals surface area contributed by atoms with Crippen molar-refractivity contribution in [3.63, 3.8) is 0 Å². The van der Waals surface area contributed by atoms with Gasteiger partial charge in [-0.15, -0.1) is 0 Å². The first-order valence-corrected chi connectivity index (χ1v) is 12.3. The molecule has 2 heterocycles. The maximum absolute atomic E-state index is 12.6. The van der Waals surface area contributed by atoms with E-state index in [4.69, 9.17) is 0 Å². The van der Waals surface area contributed by atoms with Gasteiger partial charge in [-0.3, -0.25) is 0 Å². The number of sulfonamides is 1. The van der Waals surface area contributed by atoms with Gasteiger partial charge in [0.25, 0.3) is 0 Å². The molecule has 0 aromatic rings. The number of hydrogen-bond acceptors (Lipinski definition) is 5. The minimum atomic E-state index is -3.36. The fourth-order valence-electron chi connectivity index (χ4n) is 3.38. The van der Waals surface area contributed by atoms with Crippen LogP contribution in [0.25, 0.3) is 0 Å². The molecule has 0 spiro atoms. The third-order valence-corrected chi connectivity index (χ3v) is 8.84. The van der Waals surface area contributed by atoms with Gasteiger partial charge in [0.1, 0.15) is 0 Å². The van der Waals surface area contributed by atoms with Crippen LogP contribution in [0.5, 0.6) is 0 Å². The third-order valence-electron chi connectivity index (χ3n) is 4.91. The molecule has 1 atom stereocenters. The molecule has 2 aliphatic heterocycles. The molecule has 0 amide bonds. The first-order valence-electron chi connectivity index (χ1n) is 8.87. The summed E-state index contributed by atoms with van der Waals surface area (Å²) in [5.41, 5.74) is 0.287. The van der Waals surface area contributed by atoms with Crippen molar-refractivity contribution in [3.8, 4) is 0 Å². The summed E-state index contributed by atoms with van der Waals surface area (Å²) in [6, 6.07) is 0. The summed E-state index contributed by atoms with van der Waals surface area (Å²) < 4.78 is 50.2. The molecule has 2 aliphatic rings. The molecular weight excluding hydrogens is 348 g/mol.